The maximum atomic E-state index is 14.0. The fourth-order valence-corrected chi connectivity index (χ4v) is 3.10. The summed E-state index contributed by atoms with van der Waals surface area (Å²) in [5.41, 5.74) is -0.733. The Morgan fingerprint density at radius 1 is 1.35 bits per heavy atom. The van der Waals surface area contributed by atoms with E-state index in [0.717, 1.165) is 6.07 Å². The maximum Gasteiger partial charge on any atom is 0.314 e. The lowest BCUT2D eigenvalue weighted by atomic mass is 9.75. The Morgan fingerprint density at radius 3 is 2.70 bits per heavy atom. The van der Waals surface area contributed by atoms with Crippen LogP contribution in [-0.2, 0) is 20.7 Å². The number of nitrogens with zero attached hydrogens (tertiary/aromatic N) is 1. The number of piperidine rings is 1. The molecule has 0 radical (unpaired) electrons. The first kappa shape index (κ1) is 17.4. The first-order chi connectivity index (χ1) is 10.9. The molecule has 0 saturated carbocycles. The van der Waals surface area contributed by atoms with Gasteiger partial charge in [0.25, 0.3) is 0 Å². The average molecular weight is 325 g/mol. The van der Waals surface area contributed by atoms with Crippen molar-refractivity contribution in [3.63, 3.8) is 0 Å². The normalized spacial score (nSPS) is 21.1. The van der Waals surface area contributed by atoms with E-state index in [9.17, 15) is 18.4 Å². The van der Waals surface area contributed by atoms with Gasteiger partial charge >= 0.3 is 5.97 Å². The zero-order chi connectivity index (χ0) is 17.0. The van der Waals surface area contributed by atoms with E-state index in [0.29, 0.717) is 19.4 Å². The Balaban J connectivity index is 2.33. The van der Waals surface area contributed by atoms with E-state index in [1.165, 1.54) is 19.1 Å². The number of hydrogen-bond donors (Lipinski definition) is 0. The van der Waals surface area contributed by atoms with Crippen LogP contribution < -0.4 is 0 Å². The van der Waals surface area contributed by atoms with E-state index in [4.69, 9.17) is 4.74 Å². The lowest BCUT2D eigenvalue weighted by molar-refractivity contribution is -0.160. The van der Waals surface area contributed by atoms with Crippen LogP contribution in [0.15, 0.2) is 18.2 Å². The summed E-state index contributed by atoms with van der Waals surface area (Å²) in [6.45, 7) is 4.13. The number of carbonyl (C=O) groups excluding carboxylic acids is 2. The minimum Gasteiger partial charge on any atom is -0.466 e. The smallest absolute Gasteiger partial charge is 0.314 e. The molecular formula is C17H21F2NO3. The first-order valence-corrected chi connectivity index (χ1v) is 7.74. The highest BCUT2D eigenvalue weighted by Gasteiger charge is 2.44. The first-order valence-electron chi connectivity index (χ1n) is 7.74. The molecule has 23 heavy (non-hydrogen) atoms. The van der Waals surface area contributed by atoms with Crippen molar-refractivity contribution < 1.29 is 23.1 Å². The number of benzene rings is 1. The molecule has 1 unspecified atom stereocenters. The quantitative estimate of drug-likeness (QED) is 0.800. The minimum atomic E-state index is -0.988. The van der Waals surface area contributed by atoms with Crippen LogP contribution in [0.4, 0.5) is 8.78 Å². The van der Waals surface area contributed by atoms with E-state index < -0.39 is 23.0 Å². The van der Waals surface area contributed by atoms with Crippen molar-refractivity contribution in [1.82, 2.24) is 4.90 Å². The van der Waals surface area contributed by atoms with Gasteiger partial charge in [-0.1, -0.05) is 6.07 Å². The SMILES string of the molecule is CCOC(=O)C1(Cc2ccc(F)cc2F)CCCN(C(C)=O)C1. The molecule has 0 aliphatic carbocycles. The lowest BCUT2D eigenvalue weighted by Gasteiger charge is -2.40. The van der Waals surface area contributed by atoms with E-state index in [1.54, 1.807) is 11.8 Å². The molecule has 126 valence electrons. The third kappa shape index (κ3) is 3.86. The molecule has 0 spiro atoms. The molecule has 1 saturated heterocycles. The van der Waals surface area contributed by atoms with Gasteiger partial charge in [-0.3, -0.25) is 9.59 Å². The molecule has 1 aromatic carbocycles. The summed E-state index contributed by atoms with van der Waals surface area (Å²) >= 11 is 0. The Bertz CT molecular complexity index is 606. The van der Waals surface area contributed by atoms with Crippen LogP contribution in [0.1, 0.15) is 32.3 Å². The highest BCUT2D eigenvalue weighted by Crippen LogP contribution is 2.36. The second kappa shape index (κ2) is 7.06. The van der Waals surface area contributed by atoms with E-state index in [2.05, 4.69) is 0 Å². The van der Waals surface area contributed by atoms with Crippen LogP contribution in [-0.4, -0.2) is 36.5 Å². The Morgan fingerprint density at radius 2 is 2.09 bits per heavy atom. The van der Waals surface area contributed by atoms with E-state index in [1.807, 2.05) is 0 Å². The molecule has 1 fully saturated rings. The largest absolute Gasteiger partial charge is 0.466 e. The van der Waals surface area contributed by atoms with Crippen molar-refractivity contribution >= 4 is 11.9 Å². The Labute approximate surface area is 134 Å². The molecule has 0 N–H and O–H groups in total. The summed E-state index contributed by atoms with van der Waals surface area (Å²) < 4.78 is 32.3. The molecule has 4 nitrogen and oxygen atoms in total. The maximum absolute atomic E-state index is 14.0. The zero-order valence-electron chi connectivity index (χ0n) is 13.4. The molecule has 1 atom stereocenters. The third-order valence-electron chi connectivity index (χ3n) is 4.27. The van der Waals surface area contributed by atoms with E-state index in [-0.39, 0.29) is 31.0 Å². The Hall–Kier alpha value is -1.98. The van der Waals surface area contributed by atoms with Crippen LogP contribution in [0.3, 0.4) is 0 Å². The predicted octanol–water partition coefficient (Wildman–Crippen LogP) is 2.70. The number of ether oxygens (including phenoxy) is 1. The van der Waals surface area contributed by atoms with Gasteiger partial charge in [0.05, 0.1) is 12.0 Å². The van der Waals surface area contributed by atoms with Gasteiger partial charge in [0.15, 0.2) is 0 Å². The standard InChI is InChI=1S/C17H21F2NO3/c1-3-23-16(22)17(7-4-8-20(11-17)12(2)21)10-13-5-6-14(18)9-15(13)19/h5-6,9H,3-4,7-8,10-11H2,1-2H3. The van der Waals surface area contributed by atoms with Crippen LogP contribution in [0.25, 0.3) is 0 Å². The van der Waals surface area contributed by atoms with Crippen molar-refractivity contribution in [3.05, 3.63) is 35.4 Å². The molecule has 0 aromatic heterocycles. The van der Waals surface area contributed by atoms with Crippen molar-refractivity contribution in [3.8, 4) is 0 Å². The van der Waals surface area contributed by atoms with Gasteiger partial charge in [0.1, 0.15) is 11.6 Å². The highest BCUT2D eigenvalue weighted by atomic mass is 19.1. The van der Waals surface area contributed by atoms with Crippen LogP contribution in [0.5, 0.6) is 0 Å². The second-order valence-corrected chi connectivity index (χ2v) is 5.96. The molecule has 2 rings (SSSR count). The molecule has 1 aromatic rings. The lowest BCUT2D eigenvalue weighted by Crippen LogP contribution is -2.51. The monoisotopic (exact) mass is 325 g/mol. The summed E-state index contributed by atoms with van der Waals surface area (Å²) in [4.78, 5) is 25.8. The molecular weight excluding hydrogens is 304 g/mol. The van der Waals surface area contributed by atoms with Gasteiger partial charge in [-0.2, -0.15) is 0 Å². The summed E-state index contributed by atoms with van der Waals surface area (Å²) in [5, 5.41) is 0. The van der Waals surface area contributed by atoms with Gasteiger partial charge in [0, 0.05) is 26.1 Å². The summed E-state index contributed by atoms with van der Waals surface area (Å²) in [7, 11) is 0. The molecule has 6 heteroatoms. The van der Waals surface area contributed by atoms with Gasteiger partial charge in [-0.25, -0.2) is 8.78 Å². The van der Waals surface area contributed by atoms with E-state index >= 15 is 0 Å². The fraction of sp³-hybridized carbons (Fsp3) is 0.529. The van der Waals surface area contributed by atoms with Crippen LogP contribution in [0, 0.1) is 17.0 Å². The average Bonchev–Trinajstić information content (AvgIpc) is 2.50. The molecule has 1 aliphatic heterocycles. The van der Waals surface area contributed by atoms with Gasteiger partial charge < -0.3 is 9.64 Å². The minimum absolute atomic E-state index is 0.0850. The van der Waals surface area contributed by atoms with Gasteiger partial charge in [-0.05, 0) is 37.8 Å². The summed E-state index contributed by atoms with van der Waals surface area (Å²) in [5.74, 6) is -1.91. The number of rotatable bonds is 4. The van der Waals surface area contributed by atoms with Crippen LogP contribution in [0.2, 0.25) is 0 Å². The summed E-state index contributed by atoms with van der Waals surface area (Å²) in [6.07, 6.45) is 1.23. The number of hydrogen-bond acceptors (Lipinski definition) is 3. The zero-order valence-corrected chi connectivity index (χ0v) is 13.4. The van der Waals surface area contributed by atoms with Crippen molar-refractivity contribution in [2.75, 3.05) is 19.7 Å². The highest BCUT2D eigenvalue weighted by molar-refractivity contribution is 5.80. The predicted molar refractivity (Wildman–Crippen MR) is 80.6 cm³/mol. The molecule has 1 amide bonds. The number of halogens is 2. The van der Waals surface area contributed by atoms with Crippen molar-refractivity contribution in [2.45, 2.75) is 33.1 Å². The number of esters is 1. The summed E-state index contributed by atoms with van der Waals surface area (Å²) in [6, 6.07) is 3.32. The van der Waals surface area contributed by atoms with Gasteiger partial charge in [0.2, 0.25) is 5.91 Å². The molecule has 0 bridgehead atoms. The molecule has 1 aliphatic rings. The van der Waals surface area contributed by atoms with Crippen molar-refractivity contribution in [1.29, 1.82) is 0 Å². The van der Waals surface area contributed by atoms with Crippen LogP contribution >= 0.6 is 0 Å². The topological polar surface area (TPSA) is 46.6 Å². The number of likely N-dealkylation sites (tertiary alicyclic amines) is 1. The Kier molecular flexibility index (Phi) is 5.34. The van der Waals surface area contributed by atoms with Gasteiger partial charge in [-0.15, -0.1) is 0 Å². The third-order valence-corrected chi connectivity index (χ3v) is 4.27. The number of amides is 1. The fourth-order valence-electron chi connectivity index (χ4n) is 3.10. The van der Waals surface area contributed by atoms with Crippen molar-refractivity contribution in [2.24, 2.45) is 5.41 Å². The second-order valence-electron chi connectivity index (χ2n) is 5.96. The molecule has 1 heterocycles. The number of carbonyl (C=O) groups is 2.